The maximum absolute atomic E-state index is 10.6. The summed E-state index contributed by atoms with van der Waals surface area (Å²) >= 11 is 5.70. The van der Waals surface area contributed by atoms with Gasteiger partial charge in [0.2, 0.25) is 0 Å². The van der Waals surface area contributed by atoms with Crippen LogP contribution in [0.2, 0.25) is 0 Å². The molecule has 0 radical (unpaired) electrons. The van der Waals surface area contributed by atoms with E-state index in [4.69, 9.17) is 16.7 Å². The summed E-state index contributed by atoms with van der Waals surface area (Å²) in [7, 11) is 0. The molecule has 0 aromatic carbocycles. The van der Waals surface area contributed by atoms with Crippen LogP contribution in [0.15, 0.2) is 0 Å². The van der Waals surface area contributed by atoms with Crippen molar-refractivity contribution in [2.75, 3.05) is 19.6 Å². The highest BCUT2D eigenvalue weighted by molar-refractivity contribution is 6.29. The first-order valence-electron chi connectivity index (χ1n) is 5.08. The van der Waals surface area contributed by atoms with Gasteiger partial charge < -0.3 is 10.0 Å². The molecule has 3 nitrogen and oxygen atoms in total. The van der Waals surface area contributed by atoms with Crippen LogP contribution in [-0.2, 0) is 4.79 Å². The second-order valence-corrected chi connectivity index (χ2v) is 5.00. The van der Waals surface area contributed by atoms with Gasteiger partial charge in [-0.05, 0) is 18.3 Å². The molecule has 3 atom stereocenters. The third-order valence-corrected chi connectivity index (χ3v) is 2.96. The standard InChI is InChI=1S/C10H18ClNO2/c1-7-3-8(2)5-12(4-7)6-9(11)10(13)14/h7-9H,3-6H2,1-2H3,(H,13,14). The summed E-state index contributed by atoms with van der Waals surface area (Å²) in [5.41, 5.74) is 0. The van der Waals surface area contributed by atoms with E-state index < -0.39 is 11.3 Å². The van der Waals surface area contributed by atoms with Gasteiger partial charge in [-0.3, -0.25) is 4.79 Å². The molecule has 0 aromatic rings. The summed E-state index contributed by atoms with van der Waals surface area (Å²) in [5.74, 6) is 0.380. The number of carboxylic acids is 1. The van der Waals surface area contributed by atoms with Crippen molar-refractivity contribution in [2.45, 2.75) is 25.6 Å². The molecule has 82 valence electrons. The molecule has 0 spiro atoms. The minimum Gasteiger partial charge on any atom is -0.480 e. The van der Waals surface area contributed by atoms with Gasteiger partial charge in [-0.15, -0.1) is 11.6 Å². The van der Waals surface area contributed by atoms with E-state index in [0.717, 1.165) is 13.1 Å². The van der Waals surface area contributed by atoms with E-state index in [9.17, 15) is 4.79 Å². The average Bonchev–Trinajstić information content (AvgIpc) is 2.01. The monoisotopic (exact) mass is 219 g/mol. The molecule has 0 aliphatic carbocycles. The van der Waals surface area contributed by atoms with Crippen LogP contribution in [0, 0.1) is 11.8 Å². The molecule has 1 N–H and O–H groups in total. The molecule has 1 rings (SSSR count). The topological polar surface area (TPSA) is 40.5 Å². The molecule has 1 aliphatic rings. The number of carbonyl (C=O) groups is 1. The summed E-state index contributed by atoms with van der Waals surface area (Å²) < 4.78 is 0. The van der Waals surface area contributed by atoms with E-state index in [0.29, 0.717) is 18.4 Å². The molecule has 3 unspecified atom stereocenters. The zero-order valence-corrected chi connectivity index (χ0v) is 9.50. The highest BCUT2D eigenvalue weighted by Gasteiger charge is 2.25. The zero-order chi connectivity index (χ0) is 10.7. The summed E-state index contributed by atoms with van der Waals surface area (Å²) in [6, 6.07) is 0. The largest absolute Gasteiger partial charge is 0.480 e. The van der Waals surface area contributed by atoms with E-state index in [1.165, 1.54) is 6.42 Å². The first kappa shape index (κ1) is 11.8. The number of rotatable bonds is 3. The van der Waals surface area contributed by atoms with Crippen LogP contribution in [0.5, 0.6) is 0 Å². The Morgan fingerprint density at radius 2 is 2.00 bits per heavy atom. The lowest BCUT2D eigenvalue weighted by Gasteiger charge is -2.35. The Morgan fingerprint density at radius 1 is 1.50 bits per heavy atom. The highest BCUT2D eigenvalue weighted by Crippen LogP contribution is 2.21. The fourth-order valence-electron chi connectivity index (χ4n) is 2.25. The summed E-state index contributed by atoms with van der Waals surface area (Å²) in [6.07, 6.45) is 1.23. The van der Waals surface area contributed by atoms with Crippen LogP contribution >= 0.6 is 11.6 Å². The van der Waals surface area contributed by atoms with Crippen LogP contribution < -0.4 is 0 Å². The van der Waals surface area contributed by atoms with Crippen molar-refractivity contribution in [1.29, 1.82) is 0 Å². The number of aliphatic carboxylic acids is 1. The fraction of sp³-hybridized carbons (Fsp3) is 0.900. The number of alkyl halides is 1. The van der Waals surface area contributed by atoms with Gasteiger partial charge in [-0.25, -0.2) is 0 Å². The van der Waals surface area contributed by atoms with Gasteiger partial charge in [0.05, 0.1) is 0 Å². The van der Waals surface area contributed by atoms with Crippen LogP contribution in [0.1, 0.15) is 20.3 Å². The number of likely N-dealkylation sites (tertiary alicyclic amines) is 1. The Bertz CT molecular complexity index is 200. The Morgan fingerprint density at radius 3 is 2.43 bits per heavy atom. The van der Waals surface area contributed by atoms with E-state index >= 15 is 0 Å². The van der Waals surface area contributed by atoms with Crippen molar-refractivity contribution in [1.82, 2.24) is 4.90 Å². The molecule has 0 amide bonds. The smallest absolute Gasteiger partial charge is 0.322 e. The maximum Gasteiger partial charge on any atom is 0.322 e. The molecule has 4 heteroatoms. The Kier molecular flexibility index (Phi) is 4.20. The van der Waals surface area contributed by atoms with Crippen molar-refractivity contribution in [3.8, 4) is 0 Å². The van der Waals surface area contributed by atoms with Gasteiger partial charge >= 0.3 is 5.97 Å². The normalized spacial score (nSPS) is 31.4. The van der Waals surface area contributed by atoms with Gasteiger partial charge in [0, 0.05) is 19.6 Å². The first-order chi connectivity index (χ1) is 6.49. The van der Waals surface area contributed by atoms with Crippen LogP contribution in [0.25, 0.3) is 0 Å². The third kappa shape index (κ3) is 3.46. The summed E-state index contributed by atoms with van der Waals surface area (Å²) in [5, 5.41) is 7.92. The number of piperidine rings is 1. The van der Waals surface area contributed by atoms with Crippen molar-refractivity contribution < 1.29 is 9.90 Å². The van der Waals surface area contributed by atoms with Gasteiger partial charge in [0.15, 0.2) is 0 Å². The molecule has 1 heterocycles. The third-order valence-electron chi connectivity index (χ3n) is 2.63. The maximum atomic E-state index is 10.6. The molecule has 1 fully saturated rings. The number of nitrogens with zero attached hydrogens (tertiary/aromatic N) is 1. The van der Waals surface area contributed by atoms with E-state index in [1.54, 1.807) is 0 Å². The van der Waals surface area contributed by atoms with Crippen LogP contribution in [-0.4, -0.2) is 41.0 Å². The predicted molar refractivity (Wildman–Crippen MR) is 56.7 cm³/mol. The second kappa shape index (κ2) is 4.99. The summed E-state index contributed by atoms with van der Waals surface area (Å²) in [6.45, 7) is 6.81. The average molecular weight is 220 g/mol. The van der Waals surface area contributed by atoms with E-state index in [-0.39, 0.29) is 0 Å². The van der Waals surface area contributed by atoms with Crippen LogP contribution in [0.3, 0.4) is 0 Å². The molecule has 0 saturated carbocycles. The van der Waals surface area contributed by atoms with Gasteiger partial charge in [-0.1, -0.05) is 13.8 Å². The van der Waals surface area contributed by atoms with Gasteiger partial charge in [0.25, 0.3) is 0 Å². The minimum absolute atomic E-state index is 0.464. The fourth-order valence-corrected chi connectivity index (χ4v) is 2.44. The van der Waals surface area contributed by atoms with Gasteiger partial charge in [0.1, 0.15) is 5.38 Å². The van der Waals surface area contributed by atoms with Crippen LogP contribution in [0.4, 0.5) is 0 Å². The number of carboxylic acid groups (broad SMARTS) is 1. The van der Waals surface area contributed by atoms with E-state index in [1.807, 2.05) is 0 Å². The molecular formula is C10H18ClNO2. The zero-order valence-electron chi connectivity index (χ0n) is 8.74. The first-order valence-corrected chi connectivity index (χ1v) is 5.52. The minimum atomic E-state index is -0.919. The number of hydrogen-bond acceptors (Lipinski definition) is 2. The van der Waals surface area contributed by atoms with Crippen molar-refractivity contribution in [2.24, 2.45) is 11.8 Å². The molecule has 14 heavy (non-hydrogen) atoms. The predicted octanol–water partition coefficient (Wildman–Crippen LogP) is 1.66. The van der Waals surface area contributed by atoms with Crippen molar-refractivity contribution >= 4 is 17.6 Å². The lowest BCUT2D eigenvalue weighted by atomic mass is 9.92. The Labute approximate surface area is 90.0 Å². The summed E-state index contributed by atoms with van der Waals surface area (Å²) in [4.78, 5) is 12.7. The Balaban J connectivity index is 2.40. The molecule has 0 bridgehead atoms. The number of halogens is 1. The van der Waals surface area contributed by atoms with Gasteiger partial charge in [-0.2, -0.15) is 0 Å². The van der Waals surface area contributed by atoms with Crippen molar-refractivity contribution in [3.63, 3.8) is 0 Å². The quantitative estimate of drug-likeness (QED) is 0.734. The molecule has 1 saturated heterocycles. The highest BCUT2D eigenvalue weighted by atomic mass is 35.5. The molecule has 1 aliphatic heterocycles. The lowest BCUT2D eigenvalue weighted by Crippen LogP contribution is -2.43. The number of hydrogen-bond donors (Lipinski definition) is 1. The molecule has 0 aromatic heterocycles. The lowest BCUT2D eigenvalue weighted by molar-refractivity contribution is -0.137. The van der Waals surface area contributed by atoms with Crippen molar-refractivity contribution in [3.05, 3.63) is 0 Å². The molecular weight excluding hydrogens is 202 g/mol. The van der Waals surface area contributed by atoms with E-state index in [2.05, 4.69) is 18.7 Å². The Hall–Kier alpha value is -0.280. The second-order valence-electron chi connectivity index (χ2n) is 4.47. The SMILES string of the molecule is CC1CC(C)CN(CC(Cl)C(=O)O)C1.